The SMILES string of the molecule is Cc1nn(Cc2ccccc2Cl)c(C)c1NC(=O)Cn1nc(C)c2c(C3CC3)ccnc21. The molecular weight excluding hydrogens is 424 g/mol. The van der Waals surface area contributed by atoms with Gasteiger partial charge in [-0.2, -0.15) is 10.2 Å². The van der Waals surface area contributed by atoms with Crippen molar-refractivity contribution in [3.63, 3.8) is 0 Å². The van der Waals surface area contributed by atoms with Gasteiger partial charge in [0, 0.05) is 16.6 Å². The number of carbonyl (C=O) groups is 1. The second kappa shape index (κ2) is 8.06. The highest BCUT2D eigenvalue weighted by atomic mass is 35.5. The molecule has 5 rings (SSSR count). The molecule has 1 aromatic carbocycles. The molecule has 164 valence electrons. The first-order valence-corrected chi connectivity index (χ1v) is 11.2. The number of benzene rings is 1. The lowest BCUT2D eigenvalue weighted by molar-refractivity contribution is -0.116. The van der Waals surface area contributed by atoms with Crippen molar-refractivity contribution in [3.8, 4) is 0 Å². The molecule has 0 radical (unpaired) electrons. The molecule has 0 spiro atoms. The number of nitrogens with one attached hydrogen (secondary N) is 1. The molecule has 0 bridgehead atoms. The number of carbonyl (C=O) groups excluding carboxylic acids is 1. The lowest BCUT2D eigenvalue weighted by Crippen LogP contribution is -2.20. The van der Waals surface area contributed by atoms with E-state index in [2.05, 4.69) is 26.6 Å². The summed E-state index contributed by atoms with van der Waals surface area (Å²) in [6.45, 7) is 6.46. The van der Waals surface area contributed by atoms with Crippen molar-refractivity contribution in [3.05, 3.63) is 69.8 Å². The number of anilines is 1. The van der Waals surface area contributed by atoms with E-state index in [1.54, 1.807) is 4.68 Å². The van der Waals surface area contributed by atoms with Gasteiger partial charge >= 0.3 is 0 Å². The molecule has 0 saturated heterocycles. The van der Waals surface area contributed by atoms with Crippen LogP contribution in [-0.4, -0.2) is 30.5 Å². The largest absolute Gasteiger partial charge is 0.321 e. The summed E-state index contributed by atoms with van der Waals surface area (Å²) in [5.41, 5.74) is 6.33. The fraction of sp³-hybridized carbons (Fsp3) is 0.333. The Morgan fingerprint density at radius 1 is 1.09 bits per heavy atom. The van der Waals surface area contributed by atoms with E-state index in [1.807, 2.05) is 55.9 Å². The second-order valence-electron chi connectivity index (χ2n) is 8.46. The normalized spacial score (nSPS) is 13.6. The van der Waals surface area contributed by atoms with Crippen LogP contribution < -0.4 is 5.32 Å². The summed E-state index contributed by atoms with van der Waals surface area (Å²) in [5, 5.41) is 14.0. The average Bonchev–Trinajstić information content (AvgIpc) is 3.52. The number of nitrogens with zero attached hydrogens (tertiary/aromatic N) is 5. The van der Waals surface area contributed by atoms with Gasteiger partial charge in [-0.25, -0.2) is 9.67 Å². The standard InChI is InChI=1S/C24H25ClN6O/c1-14-22-19(17-8-9-17)10-11-26-24(22)31(28-14)13-21(32)27-23-15(2)29-30(16(23)3)12-18-6-4-5-7-20(18)25/h4-7,10-11,17H,8-9,12-13H2,1-3H3,(H,27,32). The molecule has 1 aliphatic rings. The van der Waals surface area contributed by atoms with Crippen molar-refractivity contribution >= 4 is 34.2 Å². The molecule has 7 nitrogen and oxygen atoms in total. The van der Waals surface area contributed by atoms with Gasteiger partial charge in [0.2, 0.25) is 5.91 Å². The summed E-state index contributed by atoms with van der Waals surface area (Å²) in [6.07, 6.45) is 4.24. The number of aromatic nitrogens is 5. The molecule has 3 aromatic heterocycles. The molecule has 1 N–H and O–H groups in total. The molecule has 1 amide bonds. The molecule has 1 fully saturated rings. The van der Waals surface area contributed by atoms with Gasteiger partial charge in [0.15, 0.2) is 5.65 Å². The van der Waals surface area contributed by atoms with Gasteiger partial charge in [-0.3, -0.25) is 9.48 Å². The van der Waals surface area contributed by atoms with E-state index >= 15 is 0 Å². The summed E-state index contributed by atoms with van der Waals surface area (Å²) in [6, 6.07) is 9.78. The molecule has 32 heavy (non-hydrogen) atoms. The topological polar surface area (TPSA) is 77.6 Å². The van der Waals surface area contributed by atoms with Crippen LogP contribution in [0.5, 0.6) is 0 Å². The number of halogens is 1. The van der Waals surface area contributed by atoms with Crippen LogP contribution >= 0.6 is 11.6 Å². The predicted octanol–water partition coefficient (Wildman–Crippen LogP) is 4.77. The monoisotopic (exact) mass is 448 g/mol. The molecular formula is C24H25ClN6O. The predicted molar refractivity (Wildman–Crippen MR) is 125 cm³/mol. The molecule has 0 atom stereocenters. The smallest absolute Gasteiger partial charge is 0.246 e. The zero-order valence-corrected chi connectivity index (χ0v) is 19.1. The second-order valence-corrected chi connectivity index (χ2v) is 8.87. The Hall–Kier alpha value is -3.19. The summed E-state index contributed by atoms with van der Waals surface area (Å²) >= 11 is 6.31. The molecule has 0 unspecified atom stereocenters. The van der Waals surface area contributed by atoms with Crippen LogP contribution in [0.2, 0.25) is 5.02 Å². The van der Waals surface area contributed by atoms with E-state index in [1.165, 1.54) is 18.4 Å². The van der Waals surface area contributed by atoms with Gasteiger partial charge in [-0.1, -0.05) is 29.8 Å². The van der Waals surface area contributed by atoms with Crippen LogP contribution in [0.25, 0.3) is 11.0 Å². The maximum atomic E-state index is 12.9. The van der Waals surface area contributed by atoms with E-state index < -0.39 is 0 Å². The van der Waals surface area contributed by atoms with Crippen LogP contribution in [0.15, 0.2) is 36.5 Å². The van der Waals surface area contributed by atoms with Gasteiger partial charge < -0.3 is 5.32 Å². The van der Waals surface area contributed by atoms with Gasteiger partial charge in [0.1, 0.15) is 6.54 Å². The van der Waals surface area contributed by atoms with Gasteiger partial charge in [-0.05, 0) is 62.8 Å². The molecule has 8 heteroatoms. The van der Waals surface area contributed by atoms with Crippen LogP contribution in [0.4, 0.5) is 5.69 Å². The Morgan fingerprint density at radius 2 is 1.84 bits per heavy atom. The van der Waals surface area contributed by atoms with E-state index in [0.717, 1.165) is 39.4 Å². The summed E-state index contributed by atoms with van der Waals surface area (Å²) in [7, 11) is 0. The van der Waals surface area contributed by atoms with E-state index in [0.29, 0.717) is 17.5 Å². The van der Waals surface area contributed by atoms with E-state index in [4.69, 9.17) is 11.6 Å². The lowest BCUT2D eigenvalue weighted by Gasteiger charge is -2.09. The molecule has 1 aliphatic carbocycles. The zero-order chi connectivity index (χ0) is 22.4. The molecule has 1 saturated carbocycles. The first kappa shape index (κ1) is 20.7. The molecule has 0 aliphatic heterocycles. The van der Waals surface area contributed by atoms with Crippen molar-refractivity contribution in [2.45, 2.75) is 52.6 Å². The number of pyridine rings is 1. The van der Waals surface area contributed by atoms with Gasteiger partial charge in [-0.15, -0.1) is 0 Å². The Bertz CT molecular complexity index is 1330. The Kier molecular flexibility index (Phi) is 5.21. The third-order valence-corrected chi connectivity index (χ3v) is 6.44. The number of hydrogen-bond donors (Lipinski definition) is 1. The Labute approximate surface area is 191 Å². The van der Waals surface area contributed by atoms with E-state index in [-0.39, 0.29) is 12.5 Å². The number of fused-ring (bicyclic) bond motifs is 1. The van der Waals surface area contributed by atoms with Crippen molar-refractivity contribution in [1.82, 2.24) is 24.5 Å². The van der Waals surface area contributed by atoms with Crippen molar-refractivity contribution in [2.75, 3.05) is 5.32 Å². The maximum absolute atomic E-state index is 12.9. The highest BCUT2D eigenvalue weighted by Gasteiger charge is 2.28. The molecule has 3 heterocycles. The summed E-state index contributed by atoms with van der Waals surface area (Å²) in [5.74, 6) is 0.441. The number of amides is 1. The fourth-order valence-electron chi connectivity index (χ4n) is 4.29. The third-order valence-electron chi connectivity index (χ3n) is 6.07. The van der Waals surface area contributed by atoms with Crippen LogP contribution in [0.3, 0.4) is 0 Å². The quantitative estimate of drug-likeness (QED) is 0.460. The van der Waals surface area contributed by atoms with Crippen molar-refractivity contribution in [2.24, 2.45) is 0 Å². The third kappa shape index (κ3) is 3.77. The highest BCUT2D eigenvalue weighted by molar-refractivity contribution is 6.31. The number of aryl methyl sites for hydroxylation is 2. The van der Waals surface area contributed by atoms with Crippen LogP contribution in [0, 0.1) is 20.8 Å². The number of hydrogen-bond acceptors (Lipinski definition) is 4. The molecule has 4 aromatic rings. The van der Waals surface area contributed by atoms with Crippen LogP contribution in [-0.2, 0) is 17.9 Å². The van der Waals surface area contributed by atoms with Gasteiger partial charge in [0.25, 0.3) is 0 Å². The average molecular weight is 449 g/mol. The van der Waals surface area contributed by atoms with Crippen molar-refractivity contribution < 1.29 is 4.79 Å². The van der Waals surface area contributed by atoms with E-state index in [9.17, 15) is 4.79 Å². The summed E-state index contributed by atoms with van der Waals surface area (Å²) < 4.78 is 3.56. The lowest BCUT2D eigenvalue weighted by atomic mass is 10.1. The summed E-state index contributed by atoms with van der Waals surface area (Å²) in [4.78, 5) is 17.5. The van der Waals surface area contributed by atoms with Crippen LogP contribution in [0.1, 0.15) is 47.0 Å². The fourth-order valence-corrected chi connectivity index (χ4v) is 4.48. The minimum absolute atomic E-state index is 0.0973. The zero-order valence-electron chi connectivity index (χ0n) is 18.4. The Balaban J connectivity index is 1.37. The first-order chi connectivity index (χ1) is 15.4. The minimum atomic E-state index is -0.156. The minimum Gasteiger partial charge on any atom is -0.321 e. The van der Waals surface area contributed by atoms with Gasteiger partial charge in [0.05, 0.1) is 29.3 Å². The number of rotatable bonds is 6. The first-order valence-electron chi connectivity index (χ1n) is 10.8. The highest BCUT2D eigenvalue weighted by Crippen LogP contribution is 2.43. The maximum Gasteiger partial charge on any atom is 0.246 e. The Morgan fingerprint density at radius 3 is 2.59 bits per heavy atom. The van der Waals surface area contributed by atoms with Crippen molar-refractivity contribution in [1.29, 1.82) is 0 Å².